The van der Waals surface area contributed by atoms with Gasteiger partial charge in [0.1, 0.15) is 5.69 Å². The molecule has 0 aromatic heterocycles. The van der Waals surface area contributed by atoms with Gasteiger partial charge in [-0.05, 0) is 25.0 Å². The SMILES string of the molecule is O=[N+]([O-])c1cc(Br)ccc1NCCNC1CCCCCC1. The van der Waals surface area contributed by atoms with E-state index in [1.54, 1.807) is 6.07 Å². The van der Waals surface area contributed by atoms with E-state index in [1.165, 1.54) is 44.6 Å². The van der Waals surface area contributed by atoms with Crippen LogP contribution in [0.2, 0.25) is 0 Å². The standard InChI is InChI=1S/C15H22BrN3O2/c16-12-7-8-14(15(11-12)19(20)21)18-10-9-17-13-5-3-1-2-4-6-13/h7-8,11,13,17-18H,1-6,9-10H2. The van der Waals surface area contributed by atoms with E-state index < -0.39 is 0 Å². The number of nitro groups is 1. The minimum atomic E-state index is -0.355. The highest BCUT2D eigenvalue weighted by Gasteiger charge is 2.14. The molecule has 0 spiro atoms. The van der Waals surface area contributed by atoms with Gasteiger partial charge in [-0.25, -0.2) is 0 Å². The first-order chi connectivity index (χ1) is 10.2. The monoisotopic (exact) mass is 355 g/mol. The minimum Gasteiger partial charge on any atom is -0.378 e. The van der Waals surface area contributed by atoms with Crippen LogP contribution in [-0.4, -0.2) is 24.1 Å². The number of nitrogens with one attached hydrogen (secondary N) is 2. The Morgan fingerprint density at radius 1 is 1.19 bits per heavy atom. The van der Waals surface area contributed by atoms with Crippen molar-refractivity contribution in [3.63, 3.8) is 0 Å². The van der Waals surface area contributed by atoms with E-state index in [-0.39, 0.29) is 10.6 Å². The van der Waals surface area contributed by atoms with E-state index in [1.807, 2.05) is 6.07 Å². The lowest BCUT2D eigenvalue weighted by Crippen LogP contribution is -2.32. The fourth-order valence-electron chi connectivity index (χ4n) is 2.76. The van der Waals surface area contributed by atoms with Gasteiger partial charge in [0.15, 0.2) is 0 Å². The van der Waals surface area contributed by atoms with Crippen LogP contribution in [0.3, 0.4) is 0 Å². The van der Waals surface area contributed by atoms with Crippen LogP contribution < -0.4 is 10.6 Å². The van der Waals surface area contributed by atoms with Crippen molar-refractivity contribution in [2.75, 3.05) is 18.4 Å². The Morgan fingerprint density at radius 2 is 1.90 bits per heavy atom. The van der Waals surface area contributed by atoms with Crippen molar-refractivity contribution in [3.8, 4) is 0 Å². The van der Waals surface area contributed by atoms with E-state index in [0.29, 0.717) is 18.3 Å². The van der Waals surface area contributed by atoms with Gasteiger partial charge in [0.2, 0.25) is 0 Å². The van der Waals surface area contributed by atoms with Crippen molar-refractivity contribution in [2.24, 2.45) is 0 Å². The first kappa shape index (κ1) is 16.2. The quantitative estimate of drug-likeness (QED) is 0.349. The lowest BCUT2D eigenvalue weighted by Gasteiger charge is -2.16. The van der Waals surface area contributed by atoms with Crippen molar-refractivity contribution < 1.29 is 4.92 Å². The largest absolute Gasteiger partial charge is 0.378 e. The summed E-state index contributed by atoms with van der Waals surface area (Å²) in [5.74, 6) is 0. The van der Waals surface area contributed by atoms with Crippen LogP contribution in [-0.2, 0) is 0 Å². The Morgan fingerprint density at radius 3 is 2.57 bits per heavy atom. The molecule has 6 heteroatoms. The van der Waals surface area contributed by atoms with Gasteiger partial charge in [-0.1, -0.05) is 41.6 Å². The van der Waals surface area contributed by atoms with Gasteiger partial charge >= 0.3 is 0 Å². The van der Waals surface area contributed by atoms with Gasteiger partial charge in [-0.15, -0.1) is 0 Å². The molecule has 1 saturated carbocycles. The number of nitro benzene ring substituents is 1. The van der Waals surface area contributed by atoms with Gasteiger partial charge in [0.25, 0.3) is 5.69 Å². The average molecular weight is 356 g/mol. The normalized spacial score (nSPS) is 16.4. The fourth-order valence-corrected chi connectivity index (χ4v) is 3.11. The van der Waals surface area contributed by atoms with Crippen molar-refractivity contribution in [3.05, 3.63) is 32.8 Å². The number of halogens is 1. The van der Waals surface area contributed by atoms with E-state index in [2.05, 4.69) is 26.6 Å². The summed E-state index contributed by atoms with van der Waals surface area (Å²) in [7, 11) is 0. The molecule has 116 valence electrons. The summed E-state index contributed by atoms with van der Waals surface area (Å²) in [5.41, 5.74) is 0.685. The maximum atomic E-state index is 11.0. The third kappa shape index (κ3) is 5.28. The van der Waals surface area contributed by atoms with E-state index in [4.69, 9.17) is 0 Å². The molecule has 0 atom stereocenters. The Balaban J connectivity index is 1.79. The number of hydrogen-bond acceptors (Lipinski definition) is 4. The molecular formula is C15H22BrN3O2. The Hall–Kier alpha value is -1.14. The minimum absolute atomic E-state index is 0.110. The molecule has 1 fully saturated rings. The molecule has 0 heterocycles. The summed E-state index contributed by atoms with van der Waals surface area (Å²) in [5, 5.41) is 17.7. The molecule has 2 N–H and O–H groups in total. The van der Waals surface area contributed by atoms with Gasteiger partial charge in [-0.2, -0.15) is 0 Å². The van der Waals surface area contributed by atoms with Gasteiger partial charge in [0, 0.05) is 29.7 Å². The van der Waals surface area contributed by atoms with Crippen LogP contribution in [0.1, 0.15) is 38.5 Å². The molecular weight excluding hydrogens is 334 g/mol. The topological polar surface area (TPSA) is 67.2 Å². The molecule has 0 bridgehead atoms. The highest BCUT2D eigenvalue weighted by Crippen LogP contribution is 2.27. The number of hydrogen-bond donors (Lipinski definition) is 2. The van der Waals surface area contributed by atoms with Crippen LogP contribution in [0, 0.1) is 10.1 Å². The van der Waals surface area contributed by atoms with Crippen LogP contribution in [0.25, 0.3) is 0 Å². The number of anilines is 1. The lowest BCUT2D eigenvalue weighted by molar-refractivity contribution is -0.384. The number of nitrogens with zero attached hydrogens (tertiary/aromatic N) is 1. The first-order valence-corrected chi connectivity index (χ1v) is 8.37. The van der Waals surface area contributed by atoms with Crippen LogP contribution in [0.4, 0.5) is 11.4 Å². The highest BCUT2D eigenvalue weighted by molar-refractivity contribution is 9.10. The van der Waals surface area contributed by atoms with Crippen molar-refractivity contribution in [1.82, 2.24) is 5.32 Å². The molecule has 0 aliphatic heterocycles. The zero-order valence-electron chi connectivity index (χ0n) is 12.1. The third-order valence-corrected chi connectivity index (χ3v) is 4.38. The highest BCUT2D eigenvalue weighted by atomic mass is 79.9. The second-order valence-electron chi connectivity index (χ2n) is 5.49. The maximum Gasteiger partial charge on any atom is 0.293 e. The molecule has 1 aromatic rings. The fraction of sp³-hybridized carbons (Fsp3) is 0.600. The van der Waals surface area contributed by atoms with Crippen LogP contribution in [0.5, 0.6) is 0 Å². The second-order valence-corrected chi connectivity index (χ2v) is 6.40. The maximum absolute atomic E-state index is 11.0. The van der Waals surface area contributed by atoms with Crippen molar-refractivity contribution >= 4 is 27.3 Å². The zero-order chi connectivity index (χ0) is 15.1. The van der Waals surface area contributed by atoms with Crippen LogP contribution in [0.15, 0.2) is 22.7 Å². The average Bonchev–Trinajstić information content (AvgIpc) is 2.73. The summed E-state index contributed by atoms with van der Waals surface area (Å²) < 4.78 is 0.719. The molecule has 0 amide bonds. The molecule has 21 heavy (non-hydrogen) atoms. The molecule has 1 aliphatic rings. The lowest BCUT2D eigenvalue weighted by atomic mass is 10.1. The zero-order valence-corrected chi connectivity index (χ0v) is 13.7. The molecule has 1 aliphatic carbocycles. The van der Waals surface area contributed by atoms with E-state index >= 15 is 0 Å². The van der Waals surface area contributed by atoms with Gasteiger partial charge < -0.3 is 10.6 Å². The number of benzene rings is 1. The van der Waals surface area contributed by atoms with E-state index in [9.17, 15) is 10.1 Å². The summed E-state index contributed by atoms with van der Waals surface area (Å²) in [6.07, 6.45) is 7.81. The van der Waals surface area contributed by atoms with E-state index in [0.717, 1.165) is 11.0 Å². The Kier molecular flexibility index (Phi) is 6.45. The molecule has 1 aromatic carbocycles. The molecule has 0 saturated heterocycles. The second kappa shape index (κ2) is 8.34. The van der Waals surface area contributed by atoms with Crippen LogP contribution >= 0.6 is 15.9 Å². The molecule has 0 radical (unpaired) electrons. The first-order valence-electron chi connectivity index (χ1n) is 7.58. The number of rotatable bonds is 6. The Labute approximate surface area is 133 Å². The van der Waals surface area contributed by atoms with Crippen molar-refractivity contribution in [2.45, 2.75) is 44.6 Å². The Bertz CT molecular complexity index is 474. The van der Waals surface area contributed by atoms with Crippen molar-refractivity contribution in [1.29, 1.82) is 0 Å². The van der Waals surface area contributed by atoms with Gasteiger partial charge in [-0.3, -0.25) is 10.1 Å². The summed E-state index contributed by atoms with van der Waals surface area (Å²) >= 11 is 3.26. The predicted molar refractivity (Wildman–Crippen MR) is 88.8 cm³/mol. The molecule has 0 unspecified atom stereocenters. The van der Waals surface area contributed by atoms with Gasteiger partial charge in [0.05, 0.1) is 4.92 Å². The summed E-state index contributed by atoms with van der Waals surface area (Å²) in [6, 6.07) is 5.69. The predicted octanol–water partition coefficient (Wildman–Crippen LogP) is 4.08. The summed E-state index contributed by atoms with van der Waals surface area (Å²) in [4.78, 5) is 10.7. The summed E-state index contributed by atoms with van der Waals surface area (Å²) in [6.45, 7) is 1.52. The molecule has 2 rings (SSSR count). The third-order valence-electron chi connectivity index (χ3n) is 3.89. The molecule has 5 nitrogen and oxygen atoms in total. The smallest absolute Gasteiger partial charge is 0.293 e.